The zero-order chi connectivity index (χ0) is 18.8. The van der Waals surface area contributed by atoms with Crippen LogP contribution in [0.25, 0.3) is 10.9 Å². The number of hydrogen-bond acceptors (Lipinski definition) is 3. The SMILES string of the molecule is Cc1occc1C(=O)Nc1nn(Cc2ccc(CF)cc2)c2ccccc12. The largest absolute Gasteiger partial charge is 0.469 e. The van der Waals surface area contributed by atoms with Crippen LogP contribution in [0.3, 0.4) is 0 Å². The van der Waals surface area contributed by atoms with E-state index in [2.05, 4.69) is 10.4 Å². The zero-order valence-electron chi connectivity index (χ0n) is 14.8. The first-order chi connectivity index (χ1) is 13.2. The number of nitrogens with zero attached hydrogens (tertiary/aromatic N) is 2. The van der Waals surface area contributed by atoms with E-state index in [1.807, 2.05) is 41.1 Å². The van der Waals surface area contributed by atoms with Gasteiger partial charge in [0.1, 0.15) is 12.4 Å². The molecule has 0 aliphatic rings. The molecule has 136 valence electrons. The van der Waals surface area contributed by atoms with Gasteiger partial charge in [-0.1, -0.05) is 36.4 Å². The number of aryl methyl sites for hydroxylation is 1. The van der Waals surface area contributed by atoms with Gasteiger partial charge in [0.15, 0.2) is 5.82 Å². The van der Waals surface area contributed by atoms with Crippen molar-refractivity contribution in [3.05, 3.63) is 83.3 Å². The lowest BCUT2D eigenvalue weighted by molar-refractivity contribution is 0.102. The number of carbonyl (C=O) groups excluding carboxylic acids is 1. The molecule has 2 heterocycles. The van der Waals surface area contributed by atoms with Crippen LogP contribution in [0.4, 0.5) is 10.2 Å². The number of rotatable bonds is 5. The van der Waals surface area contributed by atoms with Crippen molar-refractivity contribution >= 4 is 22.6 Å². The third-order valence-corrected chi connectivity index (χ3v) is 4.50. The van der Waals surface area contributed by atoms with Crippen LogP contribution in [0, 0.1) is 6.92 Å². The van der Waals surface area contributed by atoms with Gasteiger partial charge in [0, 0.05) is 5.39 Å². The van der Waals surface area contributed by atoms with Crippen molar-refractivity contribution in [1.82, 2.24) is 9.78 Å². The molecule has 0 radical (unpaired) electrons. The summed E-state index contributed by atoms with van der Waals surface area (Å²) in [4.78, 5) is 12.5. The van der Waals surface area contributed by atoms with Crippen molar-refractivity contribution < 1.29 is 13.6 Å². The van der Waals surface area contributed by atoms with Crippen LogP contribution >= 0.6 is 0 Å². The molecule has 0 fully saturated rings. The first-order valence-corrected chi connectivity index (χ1v) is 8.60. The Balaban J connectivity index is 1.66. The number of furan rings is 1. The summed E-state index contributed by atoms with van der Waals surface area (Å²) < 4.78 is 19.7. The lowest BCUT2D eigenvalue weighted by atomic mass is 10.1. The van der Waals surface area contributed by atoms with E-state index < -0.39 is 6.67 Å². The average molecular weight is 363 g/mol. The topological polar surface area (TPSA) is 60.1 Å². The van der Waals surface area contributed by atoms with Crippen LogP contribution in [0.15, 0.2) is 65.3 Å². The minimum atomic E-state index is -0.478. The van der Waals surface area contributed by atoms with E-state index in [9.17, 15) is 9.18 Å². The van der Waals surface area contributed by atoms with Crippen LogP contribution < -0.4 is 5.32 Å². The number of hydrogen-bond donors (Lipinski definition) is 1. The summed E-state index contributed by atoms with van der Waals surface area (Å²) in [6, 6.07) is 16.7. The average Bonchev–Trinajstić information content (AvgIpc) is 3.27. The van der Waals surface area contributed by atoms with Crippen LogP contribution in [-0.4, -0.2) is 15.7 Å². The van der Waals surface area contributed by atoms with Crippen LogP contribution in [0.1, 0.15) is 27.2 Å². The number of benzene rings is 2. The lowest BCUT2D eigenvalue weighted by Crippen LogP contribution is -2.13. The van der Waals surface area contributed by atoms with E-state index in [-0.39, 0.29) is 5.91 Å². The number of anilines is 1. The number of nitrogens with one attached hydrogen (secondary N) is 1. The number of carbonyl (C=O) groups is 1. The molecular weight excluding hydrogens is 345 g/mol. The van der Waals surface area contributed by atoms with Gasteiger partial charge in [-0.15, -0.1) is 0 Å². The fourth-order valence-corrected chi connectivity index (χ4v) is 3.04. The van der Waals surface area contributed by atoms with Gasteiger partial charge in [0.05, 0.1) is 23.9 Å². The molecule has 1 amide bonds. The molecule has 0 saturated heterocycles. The molecule has 6 heteroatoms. The Morgan fingerprint density at radius 1 is 1.11 bits per heavy atom. The van der Waals surface area contributed by atoms with Gasteiger partial charge in [0.25, 0.3) is 5.91 Å². The minimum absolute atomic E-state index is 0.260. The summed E-state index contributed by atoms with van der Waals surface area (Å²) in [5.74, 6) is 0.796. The molecule has 4 aromatic rings. The summed E-state index contributed by atoms with van der Waals surface area (Å²) in [6.07, 6.45) is 1.49. The second-order valence-corrected chi connectivity index (χ2v) is 6.32. The maximum absolute atomic E-state index is 12.7. The highest BCUT2D eigenvalue weighted by molar-refractivity contribution is 6.08. The molecule has 0 unspecified atom stereocenters. The van der Waals surface area contributed by atoms with Crippen molar-refractivity contribution in [2.75, 3.05) is 5.32 Å². The summed E-state index contributed by atoms with van der Waals surface area (Å²) in [5, 5.41) is 8.31. The van der Waals surface area contributed by atoms with Gasteiger partial charge >= 0.3 is 0 Å². The van der Waals surface area contributed by atoms with Gasteiger partial charge in [0.2, 0.25) is 0 Å². The van der Waals surface area contributed by atoms with Crippen LogP contribution in [0.5, 0.6) is 0 Å². The molecule has 2 aromatic carbocycles. The van der Waals surface area contributed by atoms with Crippen LogP contribution in [0.2, 0.25) is 0 Å². The molecule has 5 nitrogen and oxygen atoms in total. The molecule has 27 heavy (non-hydrogen) atoms. The summed E-state index contributed by atoms with van der Waals surface area (Å²) in [6.45, 7) is 1.79. The second kappa shape index (κ2) is 7.07. The summed E-state index contributed by atoms with van der Waals surface area (Å²) >= 11 is 0. The van der Waals surface area contributed by atoms with E-state index in [1.165, 1.54) is 6.26 Å². The normalized spacial score (nSPS) is 11.0. The number of fused-ring (bicyclic) bond motifs is 1. The van der Waals surface area contributed by atoms with Crippen LogP contribution in [-0.2, 0) is 13.2 Å². The minimum Gasteiger partial charge on any atom is -0.469 e. The monoisotopic (exact) mass is 363 g/mol. The van der Waals surface area contributed by atoms with E-state index in [4.69, 9.17) is 4.42 Å². The zero-order valence-corrected chi connectivity index (χ0v) is 14.8. The smallest absolute Gasteiger partial charge is 0.260 e. The van der Waals surface area contributed by atoms with Gasteiger partial charge < -0.3 is 9.73 Å². The first kappa shape index (κ1) is 17.0. The maximum Gasteiger partial charge on any atom is 0.260 e. The molecule has 0 bridgehead atoms. The molecule has 0 atom stereocenters. The fraction of sp³-hybridized carbons (Fsp3) is 0.143. The molecule has 4 rings (SSSR count). The third-order valence-electron chi connectivity index (χ3n) is 4.50. The first-order valence-electron chi connectivity index (χ1n) is 8.60. The Kier molecular flexibility index (Phi) is 4.46. The summed E-state index contributed by atoms with van der Waals surface area (Å²) in [7, 11) is 0. The maximum atomic E-state index is 12.7. The second-order valence-electron chi connectivity index (χ2n) is 6.32. The number of amides is 1. The highest BCUT2D eigenvalue weighted by Crippen LogP contribution is 2.24. The molecule has 1 N–H and O–H groups in total. The highest BCUT2D eigenvalue weighted by Gasteiger charge is 2.16. The van der Waals surface area contributed by atoms with Gasteiger partial charge in [-0.05, 0) is 36.2 Å². The van der Waals surface area contributed by atoms with Crippen molar-refractivity contribution in [2.45, 2.75) is 20.1 Å². The Morgan fingerprint density at radius 3 is 2.56 bits per heavy atom. The van der Waals surface area contributed by atoms with Crippen molar-refractivity contribution in [2.24, 2.45) is 0 Å². The van der Waals surface area contributed by atoms with Gasteiger partial charge in [-0.2, -0.15) is 5.10 Å². The van der Waals surface area contributed by atoms with Crippen molar-refractivity contribution in [1.29, 1.82) is 0 Å². The lowest BCUT2D eigenvalue weighted by Gasteiger charge is -2.04. The molecular formula is C21H18FN3O2. The van der Waals surface area contributed by atoms with Gasteiger partial charge in [-0.3, -0.25) is 9.48 Å². The Hall–Kier alpha value is -3.41. The molecule has 0 aliphatic carbocycles. The quantitative estimate of drug-likeness (QED) is 0.559. The van der Waals surface area contributed by atoms with Crippen molar-refractivity contribution in [3.8, 4) is 0 Å². The molecule has 0 spiro atoms. The molecule has 0 saturated carbocycles. The predicted octanol–water partition coefficient (Wildman–Crippen LogP) is 4.71. The highest BCUT2D eigenvalue weighted by atomic mass is 19.1. The third kappa shape index (κ3) is 3.33. The molecule has 0 aliphatic heterocycles. The molecule has 2 aromatic heterocycles. The Labute approximate surface area is 155 Å². The number of aromatic nitrogens is 2. The van der Waals surface area contributed by atoms with E-state index in [0.717, 1.165) is 16.5 Å². The Bertz CT molecular complexity index is 1100. The van der Waals surface area contributed by atoms with E-state index >= 15 is 0 Å². The van der Waals surface area contributed by atoms with E-state index in [1.54, 1.807) is 25.1 Å². The van der Waals surface area contributed by atoms with E-state index in [0.29, 0.717) is 29.2 Å². The summed E-state index contributed by atoms with van der Waals surface area (Å²) in [5.41, 5.74) is 3.04. The van der Waals surface area contributed by atoms with Gasteiger partial charge in [-0.25, -0.2) is 4.39 Å². The Morgan fingerprint density at radius 2 is 1.85 bits per heavy atom. The predicted molar refractivity (Wildman–Crippen MR) is 101 cm³/mol. The van der Waals surface area contributed by atoms with Crippen molar-refractivity contribution in [3.63, 3.8) is 0 Å². The number of para-hydroxylation sites is 1. The number of halogens is 1. The standard InChI is InChI=1S/C21H18FN3O2/c1-14-17(10-11-27-14)21(26)23-20-18-4-2-3-5-19(18)25(24-20)13-16-8-6-15(12-22)7-9-16/h2-11H,12-13H2,1H3,(H,23,24,26). The fourth-order valence-electron chi connectivity index (χ4n) is 3.04. The number of alkyl halides is 1.